The Morgan fingerprint density at radius 3 is 0.980 bits per heavy atom. The molecule has 8 atom stereocenters. The lowest BCUT2D eigenvalue weighted by atomic mass is 10.0. The van der Waals surface area contributed by atoms with Crippen molar-refractivity contribution in [1.82, 2.24) is 25.3 Å². The van der Waals surface area contributed by atoms with E-state index in [4.69, 9.17) is 10.2 Å². The quantitative estimate of drug-likeness (QED) is 0.0357. The molecule has 23 nitrogen and oxygen atoms in total. The molecule has 23 heteroatoms. The van der Waals surface area contributed by atoms with Crippen LogP contribution >= 0.6 is 0 Å². The number of nitrogens with zero attached hydrogens (tertiary/aromatic N) is 3. The zero-order valence-electron chi connectivity index (χ0n) is 26.5. The number of aliphatic carboxylic acids is 3. The Balaban J connectivity index is 5.28. The molecule has 0 aromatic heterocycles. The highest BCUT2D eigenvalue weighted by Crippen LogP contribution is 2.06. The van der Waals surface area contributed by atoms with Crippen LogP contribution in [0.5, 0.6) is 0 Å². The van der Waals surface area contributed by atoms with Gasteiger partial charge in [-0.2, -0.15) is 0 Å². The summed E-state index contributed by atoms with van der Waals surface area (Å²) in [6, 6.07) is 0. The summed E-state index contributed by atoms with van der Waals surface area (Å²) in [6.45, 7) is -7.04. The number of rotatable bonds is 28. The van der Waals surface area contributed by atoms with Gasteiger partial charge in [-0.15, -0.1) is 0 Å². The third-order valence-electron chi connectivity index (χ3n) is 6.94. The largest absolute Gasteiger partial charge is 0.480 e. The molecule has 0 aliphatic carbocycles. The number of carboxylic acids is 3. The molecule has 0 aliphatic rings. The van der Waals surface area contributed by atoms with Gasteiger partial charge in [0.1, 0.15) is 36.6 Å². The second kappa shape index (κ2) is 24.1. The molecule has 15 N–H and O–H groups in total. The summed E-state index contributed by atoms with van der Waals surface area (Å²) in [4.78, 5) is 62.5. The van der Waals surface area contributed by atoms with Crippen molar-refractivity contribution in [2.24, 2.45) is 0 Å². The molecule has 0 aromatic rings. The van der Waals surface area contributed by atoms with E-state index in [1.165, 1.54) is 4.90 Å². The van der Waals surface area contributed by atoms with Gasteiger partial charge in [0.05, 0.1) is 58.1 Å². The number of amides is 2. The second-order valence-corrected chi connectivity index (χ2v) is 11.1. The molecule has 0 saturated carbocycles. The number of carbonyl (C=O) groups is 5. The normalized spacial score (nSPS) is 16.8. The molecule has 0 heterocycles. The van der Waals surface area contributed by atoms with Crippen LogP contribution in [0.15, 0.2) is 0 Å². The van der Waals surface area contributed by atoms with E-state index in [1.54, 1.807) is 0 Å². The molecule has 0 aromatic carbocycles. The molecule has 8 unspecified atom stereocenters. The summed E-state index contributed by atoms with van der Waals surface area (Å²) in [5.41, 5.74) is 0. The van der Waals surface area contributed by atoms with Gasteiger partial charge in [-0.25, -0.2) is 0 Å². The summed E-state index contributed by atoms with van der Waals surface area (Å²) >= 11 is 0. The van der Waals surface area contributed by atoms with Crippen LogP contribution in [-0.4, -0.2) is 245 Å². The Bertz CT molecular complexity index is 957. The average Bonchev–Trinajstić information content (AvgIpc) is 3.03. The SMILES string of the molecule is O=C(O)CN(CCN(CC(=O)O)CC(=O)NCC(O)C(O)C(O)C(O)CO)CCN(CC(=O)O)CC(=O)NCC(O)C(O)C(O)C(O)CO. The van der Waals surface area contributed by atoms with Crippen molar-refractivity contribution in [2.45, 2.75) is 48.8 Å². The van der Waals surface area contributed by atoms with E-state index in [1.807, 2.05) is 0 Å². The molecule has 2 amide bonds. The highest BCUT2D eigenvalue weighted by molar-refractivity contribution is 5.79. The zero-order chi connectivity index (χ0) is 37.8. The smallest absolute Gasteiger partial charge is 0.317 e. The molecule has 0 aliphatic heterocycles. The molecule has 0 spiro atoms. The van der Waals surface area contributed by atoms with Crippen molar-refractivity contribution in [2.75, 3.05) is 85.2 Å². The first-order valence-corrected chi connectivity index (χ1v) is 14.8. The first-order valence-electron chi connectivity index (χ1n) is 14.8. The fourth-order valence-corrected chi connectivity index (χ4v) is 4.16. The van der Waals surface area contributed by atoms with Crippen LogP contribution in [0, 0.1) is 0 Å². The van der Waals surface area contributed by atoms with Crippen LogP contribution in [0.3, 0.4) is 0 Å². The van der Waals surface area contributed by atoms with E-state index in [2.05, 4.69) is 10.6 Å². The zero-order valence-corrected chi connectivity index (χ0v) is 26.5. The van der Waals surface area contributed by atoms with E-state index < -0.39 is 138 Å². The molecular weight excluding hydrogens is 670 g/mol. The van der Waals surface area contributed by atoms with Crippen LogP contribution < -0.4 is 10.6 Å². The Kier molecular flexibility index (Phi) is 22.5. The third kappa shape index (κ3) is 19.6. The topological polar surface area (TPSA) is 382 Å². The van der Waals surface area contributed by atoms with Gasteiger partial charge in [0, 0.05) is 39.3 Å². The first kappa shape index (κ1) is 45.8. The third-order valence-corrected chi connectivity index (χ3v) is 6.94. The lowest BCUT2D eigenvalue weighted by molar-refractivity contribution is -0.141. The minimum Gasteiger partial charge on any atom is -0.480 e. The number of hydrogen-bond donors (Lipinski definition) is 15. The number of hydrogen-bond acceptors (Lipinski definition) is 18. The van der Waals surface area contributed by atoms with E-state index in [9.17, 15) is 80.1 Å². The van der Waals surface area contributed by atoms with Crippen molar-refractivity contribution in [3.05, 3.63) is 0 Å². The van der Waals surface area contributed by atoms with Gasteiger partial charge in [-0.05, 0) is 0 Å². The van der Waals surface area contributed by atoms with Gasteiger partial charge in [0.2, 0.25) is 11.8 Å². The van der Waals surface area contributed by atoms with Crippen LogP contribution in [0.1, 0.15) is 0 Å². The van der Waals surface area contributed by atoms with Crippen LogP contribution in [0.25, 0.3) is 0 Å². The van der Waals surface area contributed by atoms with Crippen molar-refractivity contribution < 1.29 is 90.4 Å². The van der Waals surface area contributed by atoms with Gasteiger partial charge in [-0.1, -0.05) is 0 Å². The standard InChI is InChI=1S/C26H49N5O18/c32-12-16(36)25(48)23(46)14(34)5-27-18(38)7-30(10-21(42)43)3-1-29(9-20(40)41)2-4-31(11-22(44)45)8-19(39)28-6-15(35)24(47)26(49)17(37)13-33/h14-17,23-26,32-37,46-49H,1-13H2,(H,27,38)(H,28,39)(H,40,41)(H,42,43)(H,44,45). The Labute approximate surface area is 279 Å². The first-order chi connectivity index (χ1) is 22.8. The van der Waals surface area contributed by atoms with Crippen LogP contribution in [0.2, 0.25) is 0 Å². The molecule has 49 heavy (non-hydrogen) atoms. The van der Waals surface area contributed by atoms with Crippen molar-refractivity contribution in [3.63, 3.8) is 0 Å². The Hall–Kier alpha value is -3.17. The monoisotopic (exact) mass is 719 g/mol. The van der Waals surface area contributed by atoms with Crippen LogP contribution in [-0.2, 0) is 24.0 Å². The lowest BCUT2D eigenvalue weighted by Gasteiger charge is -2.28. The average molecular weight is 720 g/mol. The molecular formula is C26H49N5O18. The van der Waals surface area contributed by atoms with Gasteiger partial charge in [0.15, 0.2) is 0 Å². The fourth-order valence-electron chi connectivity index (χ4n) is 4.16. The molecule has 0 bridgehead atoms. The van der Waals surface area contributed by atoms with Crippen LogP contribution in [0.4, 0.5) is 0 Å². The highest BCUT2D eigenvalue weighted by Gasteiger charge is 2.31. The molecule has 0 saturated heterocycles. The predicted octanol–water partition coefficient (Wildman–Crippen LogP) is -9.75. The minimum atomic E-state index is -1.96. The summed E-state index contributed by atoms with van der Waals surface area (Å²) in [7, 11) is 0. The number of nitrogens with one attached hydrogen (secondary N) is 2. The maximum absolute atomic E-state index is 12.4. The molecule has 0 fully saturated rings. The molecule has 0 radical (unpaired) electrons. The highest BCUT2D eigenvalue weighted by atomic mass is 16.4. The fraction of sp³-hybridized carbons (Fsp3) is 0.808. The maximum Gasteiger partial charge on any atom is 0.317 e. The molecule has 0 rings (SSSR count). The van der Waals surface area contributed by atoms with E-state index in [0.717, 1.165) is 9.80 Å². The second-order valence-electron chi connectivity index (χ2n) is 11.1. The van der Waals surface area contributed by atoms with Crippen molar-refractivity contribution >= 4 is 29.7 Å². The maximum atomic E-state index is 12.4. The van der Waals surface area contributed by atoms with Gasteiger partial charge >= 0.3 is 17.9 Å². The summed E-state index contributed by atoms with van der Waals surface area (Å²) in [5.74, 6) is -5.71. The number of aliphatic hydroxyl groups excluding tert-OH is 10. The van der Waals surface area contributed by atoms with E-state index >= 15 is 0 Å². The molecule has 286 valence electrons. The summed E-state index contributed by atoms with van der Waals surface area (Å²) in [5, 5.41) is 128. The van der Waals surface area contributed by atoms with Crippen molar-refractivity contribution in [1.29, 1.82) is 0 Å². The van der Waals surface area contributed by atoms with Gasteiger partial charge < -0.3 is 77.0 Å². The Morgan fingerprint density at radius 2 is 0.694 bits per heavy atom. The predicted molar refractivity (Wildman–Crippen MR) is 160 cm³/mol. The van der Waals surface area contributed by atoms with E-state index in [-0.39, 0.29) is 26.2 Å². The van der Waals surface area contributed by atoms with Crippen molar-refractivity contribution in [3.8, 4) is 0 Å². The number of carboxylic acid groups (broad SMARTS) is 3. The van der Waals surface area contributed by atoms with E-state index in [0.29, 0.717) is 0 Å². The minimum absolute atomic E-state index is 0.168. The van der Waals surface area contributed by atoms with Gasteiger partial charge in [0.25, 0.3) is 0 Å². The number of aliphatic hydroxyl groups is 10. The van der Waals surface area contributed by atoms with Gasteiger partial charge in [-0.3, -0.25) is 38.7 Å². The summed E-state index contributed by atoms with van der Waals surface area (Å²) < 4.78 is 0. The summed E-state index contributed by atoms with van der Waals surface area (Å²) in [6.07, 6.45) is -14.9. The lowest BCUT2D eigenvalue weighted by Crippen LogP contribution is -2.51. The Morgan fingerprint density at radius 1 is 0.429 bits per heavy atom. The number of carbonyl (C=O) groups excluding carboxylic acids is 2.